The summed E-state index contributed by atoms with van der Waals surface area (Å²) in [6.07, 6.45) is 0. The molecule has 4 rings (SSSR count). The third-order valence-corrected chi connectivity index (χ3v) is 5.03. The van der Waals surface area contributed by atoms with Gasteiger partial charge in [0.15, 0.2) is 0 Å². The van der Waals surface area contributed by atoms with Crippen LogP contribution in [0.25, 0.3) is 0 Å². The first-order valence-corrected chi connectivity index (χ1v) is 9.19. The normalized spacial score (nSPS) is 19.0. The third-order valence-electron chi connectivity index (χ3n) is 5.03. The molecule has 1 saturated heterocycles. The smallest absolute Gasteiger partial charge is 0.318 e. The quantitative estimate of drug-likeness (QED) is 0.699. The summed E-state index contributed by atoms with van der Waals surface area (Å²) in [7, 11) is 1.74. The molecule has 0 spiro atoms. The molecule has 28 heavy (non-hydrogen) atoms. The summed E-state index contributed by atoms with van der Waals surface area (Å²) < 4.78 is 0. The van der Waals surface area contributed by atoms with Crippen molar-refractivity contribution in [1.29, 1.82) is 0 Å². The van der Waals surface area contributed by atoms with Crippen LogP contribution in [-0.2, 0) is 0 Å². The van der Waals surface area contributed by atoms with Gasteiger partial charge in [0.2, 0.25) is 0 Å². The van der Waals surface area contributed by atoms with Crippen LogP contribution in [0.3, 0.4) is 0 Å². The standard InChI is InChI=1S/C23H21N3O2/c1-25-20(17-11-5-2-6-12-17)21(18-13-7-3-8-14-18)26(23(25)28)22(27)24-19-15-9-4-10-16-19/h2-16,20-21H,1H3,(H,24,27)/t20-,21-/m1/s1. The van der Waals surface area contributed by atoms with E-state index < -0.39 is 12.1 Å². The second-order valence-electron chi connectivity index (χ2n) is 6.77. The lowest BCUT2D eigenvalue weighted by Gasteiger charge is -2.27. The highest BCUT2D eigenvalue weighted by Gasteiger charge is 2.48. The summed E-state index contributed by atoms with van der Waals surface area (Å²) >= 11 is 0. The first kappa shape index (κ1) is 17.8. The van der Waals surface area contributed by atoms with Crippen molar-refractivity contribution in [2.45, 2.75) is 12.1 Å². The Morgan fingerprint density at radius 1 is 0.750 bits per heavy atom. The molecule has 1 aliphatic rings. The zero-order chi connectivity index (χ0) is 19.5. The second kappa shape index (κ2) is 7.56. The van der Waals surface area contributed by atoms with Crippen LogP contribution in [0.5, 0.6) is 0 Å². The van der Waals surface area contributed by atoms with E-state index in [9.17, 15) is 9.59 Å². The number of urea groups is 2. The lowest BCUT2D eigenvalue weighted by Crippen LogP contribution is -2.39. The minimum Gasteiger partial charge on any atom is -0.318 e. The van der Waals surface area contributed by atoms with E-state index in [1.165, 1.54) is 4.90 Å². The number of hydrogen-bond acceptors (Lipinski definition) is 2. The Morgan fingerprint density at radius 2 is 1.21 bits per heavy atom. The number of carbonyl (C=O) groups is 2. The van der Waals surface area contributed by atoms with E-state index in [1.807, 2.05) is 78.9 Å². The Balaban J connectivity index is 1.75. The molecule has 0 unspecified atom stereocenters. The first-order valence-electron chi connectivity index (χ1n) is 9.19. The summed E-state index contributed by atoms with van der Waals surface area (Å²) in [6.45, 7) is 0. The van der Waals surface area contributed by atoms with Crippen LogP contribution in [0.4, 0.5) is 15.3 Å². The fraction of sp³-hybridized carbons (Fsp3) is 0.130. The van der Waals surface area contributed by atoms with Gasteiger partial charge in [0.05, 0.1) is 12.1 Å². The topological polar surface area (TPSA) is 52.7 Å². The van der Waals surface area contributed by atoms with Gasteiger partial charge in [-0.25, -0.2) is 14.5 Å². The molecule has 1 heterocycles. The molecule has 4 amide bonds. The maximum absolute atomic E-state index is 13.1. The molecule has 1 N–H and O–H groups in total. The van der Waals surface area contributed by atoms with Crippen LogP contribution in [0, 0.1) is 0 Å². The molecule has 3 aromatic carbocycles. The maximum Gasteiger partial charge on any atom is 0.330 e. The average molecular weight is 371 g/mol. The zero-order valence-electron chi connectivity index (χ0n) is 15.5. The number of hydrogen-bond donors (Lipinski definition) is 1. The largest absolute Gasteiger partial charge is 0.330 e. The van der Waals surface area contributed by atoms with Crippen molar-refractivity contribution >= 4 is 17.7 Å². The van der Waals surface area contributed by atoms with Crippen LogP contribution in [0.15, 0.2) is 91.0 Å². The van der Waals surface area contributed by atoms with Gasteiger partial charge in [-0.3, -0.25) is 0 Å². The number of imide groups is 1. The minimum atomic E-state index is -0.435. The van der Waals surface area contributed by atoms with Crippen molar-refractivity contribution in [3.05, 3.63) is 102 Å². The summed E-state index contributed by atoms with van der Waals surface area (Å²) in [4.78, 5) is 29.2. The van der Waals surface area contributed by atoms with Crippen molar-refractivity contribution in [3.63, 3.8) is 0 Å². The summed E-state index contributed by atoms with van der Waals surface area (Å²) in [5, 5.41) is 2.85. The van der Waals surface area contributed by atoms with E-state index in [-0.39, 0.29) is 12.1 Å². The highest BCUT2D eigenvalue weighted by molar-refractivity contribution is 6.02. The number of para-hydroxylation sites is 1. The number of anilines is 1. The number of likely N-dealkylation sites (N-methyl/N-ethyl adjacent to an activating group) is 1. The molecule has 0 bridgehead atoms. The Labute approximate surface area is 164 Å². The predicted octanol–water partition coefficient (Wildman–Crippen LogP) is 5.07. The van der Waals surface area contributed by atoms with Gasteiger partial charge >= 0.3 is 12.1 Å². The third kappa shape index (κ3) is 3.22. The monoisotopic (exact) mass is 371 g/mol. The van der Waals surface area contributed by atoms with Gasteiger partial charge in [0, 0.05) is 12.7 Å². The highest BCUT2D eigenvalue weighted by Crippen LogP contribution is 2.44. The fourth-order valence-corrected chi connectivity index (χ4v) is 3.72. The van der Waals surface area contributed by atoms with Crippen LogP contribution < -0.4 is 5.32 Å². The van der Waals surface area contributed by atoms with E-state index in [1.54, 1.807) is 24.1 Å². The first-order chi connectivity index (χ1) is 13.7. The molecule has 3 aromatic rings. The van der Waals surface area contributed by atoms with E-state index in [2.05, 4.69) is 5.32 Å². The lowest BCUT2D eigenvalue weighted by atomic mass is 9.93. The molecule has 1 aliphatic heterocycles. The number of benzene rings is 3. The van der Waals surface area contributed by atoms with Crippen LogP contribution in [0.2, 0.25) is 0 Å². The van der Waals surface area contributed by atoms with Crippen LogP contribution in [-0.4, -0.2) is 28.9 Å². The molecule has 5 nitrogen and oxygen atoms in total. The molecule has 0 radical (unpaired) electrons. The Kier molecular flexibility index (Phi) is 4.81. The van der Waals surface area contributed by atoms with E-state index >= 15 is 0 Å². The van der Waals surface area contributed by atoms with Gasteiger partial charge in [0.25, 0.3) is 0 Å². The Bertz CT molecular complexity index is 961. The number of rotatable bonds is 3. The van der Waals surface area contributed by atoms with Crippen LogP contribution >= 0.6 is 0 Å². The molecule has 1 fully saturated rings. The van der Waals surface area contributed by atoms with Gasteiger partial charge in [-0.15, -0.1) is 0 Å². The van der Waals surface area contributed by atoms with Crippen LogP contribution in [0.1, 0.15) is 23.2 Å². The minimum absolute atomic E-state index is 0.266. The van der Waals surface area contributed by atoms with Gasteiger partial charge in [-0.2, -0.15) is 0 Å². The van der Waals surface area contributed by atoms with Crippen molar-refractivity contribution in [2.75, 3.05) is 12.4 Å². The van der Waals surface area contributed by atoms with Crippen molar-refractivity contribution in [1.82, 2.24) is 9.80 Å². The fourth-order valence-electron chi connectivity index (χ4n) is 3.72. The SMILES string of the molecule is CN1C(=O)N(C(=O)Nc2ccccc2)[C@H](c2ccccc2)[C@H]1c1ccccc1. The molecule has 0 aliphatic carbocycles. The number of nitrogens with zero attached hydrogens (tertiary/aromatic N) is 2. The second-order valence-corrected chi connectivity index (χ2v) is 6.77. The maximum atomic E-state index is 13.1. The number of carbonyl (C=O) groups excluding carboxylic acids is 2. The Hall–Kier alpha value is -3.60. The van der Waals surface area contributed by atoms with E-state index in [4.69, 9.17) is 0 Å². The molecule has 5 heteroatoms. The summed E-state index contributed by atoms with van der Waals surface area (Å²) in [6, 6.07) is 27.2. The molecule has 140 valence electrons. The molecular formula is C23H21N3O2. The van der Waals surface area contributed by atoms with Crippen molar-refractivity contribution in [3.8, 4) is 0 Å². The van der Waals surface area contributed by atoms with Gasteiger partial charge in [-0.1, -0.05) is 78.9 Å². The average Bonchev–Trinajstić information content (AvgIpc) is 3.01. The van der Waals surface area contributed by atoms with Crippen molar-refractivity contribution < 1.29 is 9.59 Å². The van der Waals surface area contributed by atoms with E-state index in [0.29, 0.717) is 5.69 Å². The highest BCUT2D eigenvalue weighted by atomic mass is 16.2. The lowest BCUT2D eigenvalue weighted by molar-refractivity contribution is 0.189. The van der Waals surface area contributed by atoms with Crippen molar-refractivity contribution in [2.24, 2.45) is 0 Å². The predicted molar refractivity (Wildman–Crippen MR) is 109 cm³/mol. The molecule has 0 aromatic heterocycles. The van der Waals surface area contributed by atoms with Gasteiger partial charge in [0.1, 0.15) is 0 Å². The summed E-state index contributed by atoms with van der Waals surface area (Å²) in [5.74, 6) is 0. The number of amides is 4. The van der Waals surface area contributed by atoms with E-state index in [0.717, 1.165) is 11.1 Å². The molecular weight excluding hydrogens is 350 g/mol. The zero-order valence-corrected chi connectivity index (χ0v) is 15.5. The summed E-state index contributed by atoms with van der Waals surface area (Å²) in [5.41, 5.74) is 2.55. The number of nitrogens with one attached hydrogen (secondary N) is 1. The Morgan fingerprint density at radius 3 is 1.75 bits per heavy atom. The molecule has 2 atom stereocenters. The van der Waals surface area contributed by atoms with Gasteiger partial charge in [-0.05, 0) is 23.3 Å². The van der Waals surface area contributed by atoms with Gasteiger partial charge < -0.3 is 10.2 Å². The molecule has 0 saturated carbocycles.